The van der Waals surface area contributed by atoms with E-state index in [9.17, 15) is 9.59 Å². The van der Waals surface area contributed by atoms with Gasteiger partial charge in [-0.05, 0) is 48.6 Å². The number of nitrogens with zero attached hydrogens (tertiary/aromatic N) is 1. The van der Waals surface area contributed by atoms with Crippen molar-refractivity contribution in [3.8, 4) is 0 Å². The van der Waals surface area contributed by atoms with Gasteiger partial charge in [0.2, 0.25) is 11.8 Å². The lowest BCUT2D eigenvalue weighted by atomic mass is 9.97. The largest absolute Gasteiger partial charge is 0.459 e. The zero-order valence-electron chi connectivity index (χ0n) is 17.0. The van der Waals surface area contributed by atoms with E-state index in [0.29, 0.717) is 25.4 Å². The highest BCUT2D eigenvalue weighted by Gasteiger charge is 2.23. The number of para-hydroxylation sites is 1. The number of carbonyl (C=O) groups excluding carboxylic acids is 2. The molecule has 3 N–H and O–H groups in total. The first kappa shape index (κ1) is 20.2. The molecule has 1 fully saturated rings. The van der Waals surface area contributed by atoms with Crippen molar-refractivity contribution in [1.29, 1.82) is 0 Å². The zero-order valence-corrected chi connectivity index (χ0v) is 17.0. The summed E-state index contributed by atoms with van der Waals surface area (Å²) < 4.78 is 5.73. The lowest BCUT2D eigenvalue weighted by molar-refractivity contribution is -0.121. The minimum Gasteiger partial charge on any atom is -0.459 e. The summed E-state index contributed by atoms with van der Waals surface area (Å²) in [4.78, 5) is 25.5. The van der Waals surface area contributed by atoms with Gasteiger partial charge < -0.3 is 15.5 Å². The van der Waals surface area contributed by atoms with Crippen LogP contribution in [0.5, 0.6) is 0 Å². The Morgan fingerprint density at radius 1 is 1.10 bits per heavy atom. The van der Waals surface area contributed by atoms with Crippen LogP contribution in [0, 0.1) is 5.92 Å². The van der Waals surface area contributed by atoms with Crippen molar-refractivity contribution in [3.63, 3.8) is 0 Å². The summed E-state index contributed by atoms with van der Waals surface area (Å²) in [7, 11) is 0. The van der Waals surface area contributed by atoms with Crippen LogP contribution in [0.2, 0.25) is 0 Å². The number of likely N-dealkylation sites (tertiary alicyclic amines) is 1. The number of benzene rings is 2. The van der Waals surface area contributed by atoms with E-state index < -0.39 is 0 Å². The quantitative estimate of drug-likeness (QED) is 0.603. The summed E-state index contributed by atoms with van der Waals surface area (Å²) in [6.45, 7) is 2.57. The number of carbonyl (C=O) groups is 2. The fourth-order valence-corrected chi connectivity index (χ4v) is 4.13. The molecular weight excluding hydrogens is 378 g/mol. The average molecular weight is 405 g/mol. The molecule has 156 valence electrons. The number of primary amides is 1. The van der Waals surface area contributed by atoms with Crippen molar-refractivity contribution in [2.75, 3.05) is 19.6 Å². The van der Waals surface area contributed by atoms with Crippen LogP contribution in [-0.2, 0) is 29.0 Å². The predicted molar refractivity (Wildman–Crippen MR) is 116 cm³/mol. The molecule has 1 aliphatic heterocycles. The van der Waals surface area contributed by atoms with E-state index in [0.717, 1.165) is 48.2 Å². The summed E-state index contributed by atoms with van der Waals surface area (Å²) in [5.74, 6) is 1.00. The summed E-state index contributed by atoms with van der Waals surface area (Å²) in [5, 5.41) is 3.97. The van der Waals surface area contributed by atoms with Crippen LogP contribution in [0.1, 0.15) is 23.3 Å². The normalized spacial score (nSPS) is 16.7. The van der Waals surface area contributed by atoms with Gasteiger partial charge in [0.05, 0.1) is 19.5 Å². The molecule has 0 saturated carbocycles. The highest BCUT2D eigenvalue weighted by molar-refractivity contribution is 5.80. The minimum atomic E-state index is -0.265. The van der Waals surface area contributed by atoms with Crippen molar-refractivity contribution < 1.29 is 14.0 Å². The molecule has 3 aromatic rings. The van der Waals surface area contributed by atoms with E-state index in [1.54, 1.807) is 0 Å². The Morgan fingerprint density at radius 2 is 1.87 bits per heavy atom. The molecule has 6 nitrogen and oxygen atoms in total. The summed E-state index contributed by atoms with van der Waals surface area (Å²) in [6, 6.07) is 18.0. The van der Waals surface area contributed by atoms with Crippen molar-refractivity contribution in [2.24, 2.45) is 11.7 Å². The minimum absolute atomic E-state index is 0.0268. The smallest absolute Gasteiger partial charge is 0.231 e. The summed E-state index contributed by atoms with van der Waals surface area (Å²) >= 11 is 0. The number of hydrogen-bond donors (Lipinski definition) is 2. The van der Waals surface area contributed by atoms with Crippen molar-refractivity contribution in [1.82, 2.24) is 10.2 Å². The van der Waals surface area contributed by atoms with Crippen LogP contribution in [-0.4, -0.2) is 36.3 Å². The van der Waals surface area contributed by atoms with Gasteiger partial charge in [-0.2, -0.15) is 0 Å². The van der Waals surface area contributed by atoms with E-state index in [4.69, 9.17) is 10.2 Å². The molecule has 0 spiro atoms. The van der Waals surface area contributed by atoms with Gasteiger partial charge in [0.25, 0.3) is 0 Å². The molecule has 6 heteroatoms. The molecule has 1 aromatic heterocycles. The van der Waals surface area contributed by atoms with E-state index >= 15 is 0 Å². The standard InChI is InChI=1S/C24H27N3O3/c25-23(28)16-27-10-9-19(15-27)11-17-5-7-18(8-6-17)12-24(29)26-14-21-13-20-3-1-2-4-22(20)30-21/h1-8,13,19H,9-12,14-16H2,(H2,25,28)(H,26,29). The van der Waals surface area contributed by atoms with Crippen LogP contribution in [0.3, 0.4) is 0 Å². The molecule has 0 radical (unpaired) electrons. The first-order valence-electron chi connectivity index (χ1n) is 10.4. The number of rotatable bonds is 8. The van der Waals surface area contributed by atoms with Gasteiger partial charge in [0.1, 0.15) is 11.3 Å². The molecule has 0 aliphatic carbocycles. The molecule has 2 amide bonds. The number of nitrogens with two attached hydrogens (primary N) is 1. The Labute approximate surface area is 176 Å². The third kappa shape index (κ3) is 5.27. The Hall–Kier alpha value is -3.12. The molecule has 2 aromatic carbocycles. The topological polar surface area (TPSA) is 88.6 Å². The predicted octanol–water partition coefficient (Wildman–Crippen LogP) is 2.64. The number of fused-ring (bicyclic) bond motifs is 1. The highest BCUT2D eigenvalue weighted by Crippen LogP contribution is 2.21. The molecule has 0 bridgehead atoms. The molecule has 30 heavy (non-hydrogen) atoms. The zero-order chi connectivity index (χ0) is 20.9. The SMILES string of the molecule is NC(=O)CN1CCC(Cc2ccc(CC(=O)NCc3cc4ccccc4o3)cc2)C1. The molecule has 1 atom stereocenters. The fourth-order valence-electron chi connectivity index (χ4n) is 4.13. The summed E-state index contributed by atoms with van der Waals surface area (Å²) in [6.07, 6.45) is 2.41. The molecule has 2 heterocycles. The maximum atomic E-state index is 12.3. The van der Waals surface area contributed by atoms with E-state index in [1.807, 2.05) is 42.5 Å². The molecular formula is C24H27N3O3. The second-order valence-corrected chi connectivity index (χ2v) is 8.08. The number of furan rings is 1. The number of nitrogens with one attached hydrogen (secondary N) is 1. The van der Waals surface area contributed by atoms with Crippen molar-refractivity contribution >= 4 is 22.8 Å². The van der Waals surface area contributed by atoms with Crippen molar-refractivity contribution in [2.45, 2.75) is 25.8 Å². The van der Waals surface area contributed by atoms with Gasteiger partial charge in [-0.1, -0.05) is 42.5 Å². The molecule has 1 saturated heterocycles. The fraction of sp³-hybridized carbons (Fsp3) is 0.333. The van der Waals surface area contributed by atoms with Crippen LogP contribution >= 0.6 is 0 Å². The van der Waals surface area contributed by atoms with Gasteiger partial charge in [0, 0.05) is 11.9 Å². The molecule has 1 aliphatic rings. The van der Waals surface area contributed by atoms with Gasteiger partial charge in [0.15, 0.2) is 0 Å². The first-order chi connectivity index (χ1) is 14.5. The van der Waals surface area contributed by atoms with Gasteiger partial charge in [-0.25, -0.2) is 0 Å². The van der Waals surface area contributed by atoms with Gasteiger partial charge >= 0.3 is 0 Å². The Kier molecular flexibility index (Phi) is 6.14. The average Bonchev–Trinajstić information content (AvgIpc) is 3.33. The second-order valence-electron chi connectivity index (χ2n) is 8.08. The Morgan fingerprint density at radius 3 is 2.63 bits per heavy atom. The monoisotopic (exact) mass is 405 g/mol. The first-order valence-corrected chi connectivity index (χ1v) is 10.4. The second kappa shape index (κ2) is 9.13. The lowest BCUT2D eigenvalue weighted by Crippen LogP contribution is -2.32. The number of hydrogen-bond acceptors (Lipinski definition) is 4. The molecule has 1 unspecified atom stereocenters. The van der Waals surface area contributed by atoms with Crippen LogP contribution in [0.25, 0.3) is 11.0 Å². The van der Waals surface area contributed by atoms with Gasteiger partial charge in [-0.15, -0.1) is 0 Å². The lowest BCUT2D eigenvalue weighted by Gasteiger charge is -2.14. The Balaban J connectivity index is 1.24. The van der Waals surface area contributed by atoms with Gasteiger partial charge in [-0.3, -0.25) is 14.5 Å². The Bertz CT molecular complexity index is 993. The summed E-state index contributed by atoms with van der Waals surface area (Å²) in [5.41, 5.74) is 8.36. The van der Waals surface area contributed by atoms with Crippen LogP contribution in [0.15, 0.2) is 59.0 Å². The van der Waals surface area contributed by atoms with Crippen molar-refractivity contribution in [3.05, 3.63) is 71.5 Å². The highest BCUT2D eigenvalue weighted by atomic mass is 16.3. The van der Waals surface area contributed by atoms with E-state index in [1.165, 1.54) is 5.56 Å². The number of amides is 2. The van der Waals surface area contributed by atoms with E-state index in [2.05, 4.69) is 22.3 Å². The van der Waals surface area contributed by atoms with E-state index in [-0.39, 0.29) is 11.8 Å². The maximum Gasteiger partial charge on any atom is 0.231 e. The third-order valence-electron chi connectivity index (χ3n) is 5.60. The van der Waals surface area contributed by atoms with Crippen LogP contribution < -0.4 is 11.1 Å². The van der Waals surface area contributed by atoms with Crippen LogP contribution in [0.4, 0.5) is 0 Å². The molecule has 4 rings (SSSR count). The third-order valence-corrected chi connectivity index (χ3v) is 5.60. The maximum absolute atomic E-state index is 12.3.